The molecule has 2 nitrogen and oxygen atoms in total. The molecule has 0 fully saturated rings. The molecular formula is C12H7BN2S2. The fourth-order valence-electron chi connectivity index (χ4n) is 2.26. The van der Waals surface area contributed by atoms with Crippen molar-refractivity contribution in [3.63, 3.8) is 0 Å². The van der Waals surface area contributed by atoms with Gasteiger partial charge in [0.05, 0.1) is 10.4 Å². The number of hydrogen-bond donors (Lipinski definition) is 0. The molecule has 0 aliphatic carbocycles. The fourth-order valence-corrected chi connectivity index (χ4v) is 4.47. The largest absolute Gasteiger partial charge is 0.323 e. The summed E-state index contributed by atoms with van der Waals surface area (Å²) >= 11 is 3.55. The van der Waals surface area contributed by atoms with E-state index in [1.165, 1.54) is 30.2 Å². The Hall–Kier alpha value is -1.20. The first-order chi connectivity index (χ1) is 8.25. The van der Waals surface area contributed by atoms with Crippen LogP contribution in [0, 0.1) is 6.92 Å². The summed E-state index contributed by atoms with van der Waals surface area (Å²) in [5.41, 5.74) is 3.32. The van der Waals surface area contributed by atoms with Gasteiger partial charge in [0, 0.05) is 15.2 Å². The highest BCUT2D eigenvalue weighted by atomic mass is 32.2. The molecule has 4 rings (SSSR count). The standard InChI is InChI=1S/C12H7BN2S2/c1-6-2-3-7-9-10(14-15(7)13)12-8(4-5-16-12)17-11(6)9/h2-5H,1H3. The van der Waals surface area contributed by atoms with E-state index < -0.39 is 0 Å². The van der Waals surface area contributed by atoms with Crippen LogP contribution < -0.4 is 0 Å². The minimum absolute atomic E-state index is 1.01. The third-order valence-corrected chi connectivity index (χ3v) is 5.42. The van der Waals surface area contributed by atoms with Crippen molar-refractivity contribution in [2.24, 2.45) is 0 Å². The van der Waals surface area contributed by atoms with Gasteiger partial charge in [-0.15, -0.1) is 11.3 Å². The van der Waals surface area contributed by atoms with E-state index in [-0.39, 0.29) is 0 Å². The lowest BCUT2D eigenvalue weighted by Gasteiger charge is -2.13. The van der Waals surface area contributed by atoms with Crippen LogP contribution in [0.1, 0.15) is 5.56 Å². The monoisotopic (exact) mass is 254 g/mol. The highest BCUT2D eigenvalue weighted by Crippen LogP contribution is 2.50. The molecule has 0 bridgehead atoms. The maximum atomic E-state index is 5.93. The van der Waals surface area contributed by atoms with Gasteiger partial charge in [-0.25, -0.2) is 0 Å². The molecule has 0 unspecified atom stereocenters. The van der Waals surface area contributed by atoms with Gasteiger partial charge >= 0.3 is 0 Å². The molecule has 1 aliphatic rings. The van der Waals surface area contributed by atoms with Crippen molar-refractivity contribution >= 4 is 42.0 Å². The lowest BCUT2D eigenvalue weighted by molar-refractivity contribution is 1.03. The van der Waals surface area contributed by atoms with E-state index in [1.807, 2.05) is 17.8 Å². The molecular weight excluding hydrogens is 247 g/mol. The van der Waals surface area contributed by atoms with Gasteiger partial charge in [-0.3, -0.25) is 0 Å². The number of fused-ring (bicyclic) bond motifs is 2. The normalized spacial score (nSPS) is 13.0. The molecule has 0 saturated heterocycles. The fraction of sp³-hybridized carbons (Fsp3) is 0.0833. The quantitative estimate of drug-likeness (QED) is 0.447. The van der Waals surface area contributed by atoms with Crippen LogP contribution in [-0.4, -0.2) is 17.7 Å². The van der Waals surface area contributed by atoms with Gasteiger partial charge in [-0.2, -0.15) is 5.10 Å². The van der Waals surface area contributed by atoms with Crippen LogP contribution in [0.2, 0.25) is 0 Å². The number of aryl methyl sites for hydroxylation is 1. The number of rotatable bonds is 0. The molecule has 0 N–H and O–H groups in total. The second-order valence-corrected chi connectivity index (χ2v) is 6.08. The zero-order valence-electron chi connectivity index (χ0n) is 9.10. The molecule has 3 heterocycles. The van der Waals surface area contributed by atoms with Gasteiger partial charge < -0.3 is 4.59 Å². The van der Waals surface area contributed by atoms with Crippen molar-refractivity contribution in [1.29, 1.82) is 0 Å². The maximum Gasteiger partial charge on any atom is 0.265 e. The molecule has 5 heteroatoms. The molecule has 0 amide bonds. The van der Waals surface area contributed by atoms with Gasteiger partial charge in [-0.05, 0) is 30.0 Å². The summed E-state index contributed by atoms with van der Waals surface area (Å²) in [6.07, 6.45) is 0. The third-order valence-electron chi connectivity index (χ3n) is 3.08. The van der Waals surface area contributed by atoms with Crippen molar-refractivity contribution in [3.05, 3.63) is 29.1 Å². The second kappa shape index (κ2) is 3.18. The van der Waals surface area contributed by atoms with Crippen molar-refractivity contribution in [2.45, 2.75) is 16.7 Å². The van der Waals surface area contributed by atoms with E-state index in [1.54, 1.807) is 11.3 Å². The van der Waals surface area contributed by atoms with Crippen LogP contribution in [-0.2, 0) is 0 Å². The van der Waals surface area contributed by atoms with Crippen LogP contribution in [0.25, 0.3) is 21.5 Å². The minimum Gasteiger partial charge on any atom is -0.323 e. The third kappa shape index (κ3) is 1.16. The van der Waals surface area contributed by atoms with Crippen LogP contribution in [0.15, 0.2) is 33.4 Å². The predicted octanol–water partition coefficient (Wildman–Crippen LogP) is 3.47. The van der Waals surface area contributed by atoms with Gasteiger partial charge in [0.25, 0.3) is 7.98 Å². The summed E-state index contributed by atoms with van der Waals surface area (Å²) in [6, 6.07) is 6.31. The number of hydrogen-bond acceptors (Lipinski definition) is 3. The number of aromatic nitrogens is 2. The van der Waals surface area contributed by atoms with Crippen molar-refractivity contribution in [3.8, 4) is 10.6 Å². The average Bonchev–Trinajstić information content (AvgIpc) is 2.88. The van der Waals surface area contributed by atoms with Crippen molar-refractivity contribution in [2.75, 3.05) is 0 Å². The van der Waals surface area contributed by atoms with E-state index in [9.17, 15) is 0 Å². The van der Waals surface area contributed by atoms with Crippen molar-refractivity contribution in [1.82, 2.24) is 9.69 Å². The SMILES string of the molecule is [B]n1nc2c3c(c(C)ccc31)Sc1ccsc1-2. The molecule has 3 aromatic rings. The first-order valence-corrected chi connectivity index (χ1v) is 6.98. The smallest absolute Gasteiger partial charge is 0.265 e. The van der Waals surface area contributed by atoms with E-state index >= 15 is 0 Å². The summed E-state index contributed by atoms with van der Waals surface area (Å²) < 4.78 is 1.49. The Kier molecular flexibility index (Phi) is 1.83. The topological polar surface area (TPSA) is 17.8 Å². The molecule has 1 aliphatic heterocycles. The zero-order valence-corrected chi connectivity index (χ0v) is 10.7. The highest BCUT2D eigenvalue weighted by molar-refractivity contribution is 8.00. The molecule has 2 radical (unpaired) electrons. The zero-order chi connectivity index (χ0) is 11.6. The Labute approximate surface area is 108 Å². The lowest BCUT2D eigenvalue weighted by Crippen LogP contribution is -1.92. The van der Waals surface area contributed by atoms with Gasteiger partial charge in [0.1, 0.15) is 5.69 Å². The Balaban J connectivity index is 2.26. The lowest BCUT2D eigenvalue weighted by atomic mass is 10.1. The molecule has 2 aromatic heterocycles. The van der Waals surface area contributed by atoms with Crippen LogP contribution in [0.4, 0.5) is 0 Å². The number of benzene rings is 1. The van der Waals surface area contributed by atoms with Gasteiger partial charge in [0.15, 0.2) is 0 Å². The van der Waals surface area contributed by atoms with E-state index in [4.69, 9.17) is 7.98 Å². The first-order valence-electron chi connectivity index (χ1n) is 5.29. The van der Waals surface area contributed by atoms with Crippen LogP contribution >= 0.6 is 23.1 Å². The van der Waals surface area contributed by atoms with E-state index in [0.29, 0.717) is 0 Å². The summed E-state index contributed by atoms with van der Waals surface area (Å²) in [6.45, 7) is 2.14. The highest BCUT2D eigenvalue weighted by Gasteiger charge is 2.24. The predicted molar refractivity (Wildman–Crippen MR) is 73.1 cm³/mol. The molecule has 0 saturated carbocycles. The first kappa shape index (κ1) is 9.80. The Morgan fingerprint density at radius 3 is 3.06 bits per heavy atom. The van der Waals surface area contributed by atoms with E-state index in [0.717, 1.165) is 11.2 Å². The Bertz CT molecular complexity index is 757. The second-order valence-electron chi connectivity index (χ2n) is 4.11. The molecule has 0 atom stereocenters. The van der Waals surface area contributed by atoms with E-state index in [2.05, 4.69) is 29.5 Å². The van der Waals surface area contributed by atoms with Gasteiger partial charge in [0.2, 0.25) is 0 Å². The average molecular weight is 254 g/mol. The van der Waals surface area contributed by atoms with Crippen LogP contribution in [0.5, 0.6) is 0 Å². The molecule has 17 heavy (non-hydrogen) atoms. The molecule has 80 valence electrons. The minimum atomic E-state index is 1.01. The van der Waals surface area contributed by atoms with Crippen LogP contribution in [0.3, 0.4) is 0 Å². The summed E-state index contributed by atoms with van der Waals surface area (Å²) in [4.78, 5) is 3.82. The number of nitrogens with zero attached hydrogens (tertiary/aromatic N) is 2. The summed E-state index contributed by atoms with van der Waals surface area (Å²) in [5.74, 6) is 0. The molecule has 1 aromatic carbocycles. The summed E-state index contributed by atoms with van der Waals surface area (Å²) in [7, 11) is 5.93. The molecule has 0 spiro atoms. The van der Waals surface area contributed by atoms with Gasteiger partial charge in [-0.1, -0.05) is 17.8 Å². The number of thiophene rings is 1. The summed E-state index contributed by atoms with van der Waals surface area (Å²) in [5, 5.41) is 7.78. The Morgan fingerprint density at radius 2 is 2.18 bits per heavy atom. The van der Waals surface area contributed by atoms with Crippen molar-refractivity contribution < 1.29 is 0 Å². The Morgan fingerprint density at radius 1 is 1.29 bits per heavy atom. The maximum absolute atomic E-state index is 5.93.